The molecule has 0 aliphatic rings. The van der Waals surface area contributed by atoms with Crippen molar-refractivity contribution in [2.45, 2.75) is 44.1 Å². The molecule has 0 radical (unpaired) electrons. The molecule has 5 nitrogen and oxygen atoms in total. The predicted molar refractivity (Wildman–Crippen MR) is 103 cm³/mol. The molecule has 0 saturated carbocycles. The van der Waals surface area contributed by atoms with E-state index in [1.165, 1.54) is 17.3 Å². The van der Waals surface area contributed by atoms with E-state index in [9.17, 15) is 0 Å². The van der Waals surface area contributed by atoms with E-state index in [2.05, 4.69) is 34.2 Å². The van der Waals surface area contributed by atoms with Crippen LogP contribution in [0.15, 0.2) is 46.2 Å². The summed E-state index contributed by atoms with van der Waals surface area (Å²) in [5, 5.41) is 8.91. The topological polar surface area (TPSA) is 61.0 Å². The summed E-state index contributed by atoms with van der Waals surface area (Å²) in [5.74, 6) is 2.55. The summed E-state index contributed by atoms with van der Waals surface area (Å²) in [4.78, 5) is 4.51. The van der Waals surface area contributed by atoms with Crippen LogP contribution in [0.5, 0.6) is 5.75 Å². The number of nitrogens with zero attached hydrogens (tertiary/aromatic N) is 3. The summed E-state index contributed by atoms with van der Waals surface area (Å²) in [6, 6.07) is 10.4. The molecule has 1 unspecified atom stereocenters. The zero-order valence-corrected chi connectivity index (χ0v) is 16.3. The van der Waals surface area contributed by atoms with Gasteiger partial charge in [-0.15, -0.1) is 10.2 Å². The fraction of sp³-hybridized carbons (Fsp3) is 0.350. The number of pyridine rings is 1. The molecule has 0 saturated heterocycles. The van der Waals surface area contributed by atoms with Gasteiger partial charge in [-0.1, -0.05) is 49.0 Å². The minimum atomic E-state index is 0.333. The van der Waals surface area contributed by atoms with E-state index in [1.807, 2.05) is 38.2 Å². The first kappa shape index (κ1) is 18.5. The van der Waals surface area contributed by atoms with Crippen LogP contribution < -0.4 is 4.74 Å². The number of hydrogen-bond donors (Lipinski definition) is 0. The van der Waals surface area contributed by atoms with Gasteiger partial charge in [0.1, 0.15) is 5.75 Å². The summed E-state index contributed by atoms with van der Waals surface area (Å²) >= 11 is 1.50. The summed E-state index contributed by atoms with van der Waals surface area (Å²) in [6.07, 6.45) is 2.57. The van der Waals surface area contributed by atoms with Crippen molar-refractivity contribution < 1.29 is 9.15 Å². The van der Waals surface area contributed by atoms with Gasteiger partial charge in [-0.25, -0.2) is 0 Å². The smallest absolute Gasteiger partial charge is 0.276 e. The van der Waals surface area contributed by atoms with E-state index >= 15 is 0 Å². The second-order valence-electron chi connectivity index (χ2n) is 6.31. The van der Waals surface area contributed by atoms with Gasteiger partial charge in [-0.3, -0.25) is 4.98 Å². The van der Waals surface area contributed by atoms with Crippen molar-refractivity contribution in [2.75, 3.05) is 7.11 Å². The molecule has 0 N–H and O–H groups in total. The zero-order chi connectivity index (χ0) is 18.5. The van der Waals surface area contributed by atoms with E-state index in [1.54, 1.807) is 7.11 Å². The molecular weight excluding hydrogens is 346 g/mol. The first-order chi connectivity index (χ1) is 12.6. The van der Waals surface area contributed by atoms with Crippen LogP contribution in [0.1, 0.15) is 41.1 Å². The number of methoxy groups -OCH3 is 1. The van der Waals surface area contributed by atoms with E-state index < -0.39 is 0 Å². The maximum atomic E-state index is 5.80. The molecule has 0 amide bonds. The molecule has 6 heteroatoms. The Bertz CT molecular complexity index is 865. The Labute approximate surface area is 158 Å². The highest BCUT2D eigenvalue weighted by atomic mass is 32.2. The van der Waals surface area contributed by atoms with Crippen LogP contribution in [0.4, 0.5) is 0 Å². The lowest BCUT2D eigenvalue weighted by Crippen LogP contribution is -1.98. The van der Waals surface area contributed by atoms with Crippen LogP contribution in [0.3, 0.4) is 0 Å². The van der Waals surface area contributed by atoms with Gasteiger partial charge in [-0.05, 0) is 25.3 Å². The normalized spacial score (nSPS) is 12.2. The van der Waals surface area contributed by atoms with Gasteiger partial charge >= 0.3 is 0 Å². The molecule has 2 aromatic heterocycles. The second-order valence-corrected chi connectivity index (χ2v) is 7.24. The second kappa shape index (κ2) is 8.36. The standard InChI is InChI=1S/C20H23N3O2S/c1-13(16-8-6-5-7-9-16)10-18-22-23-20(25-18)26-12-17-15(3)19(24-4)14(2)11-21-17/h5-9,11,13H,10,12H2,1-4H3. The highest BCUT2D eigenvalue weighted by molar-refractivity contribution is 7.98. The lowest BCUT2D eigenvalue weighted by Gasteiger charge is -2.11. The van der Waals surface area contributed by atoms with Crippen LogP contribution in [-0.4, -0.2) is 22.3 Å². The van der Waals surface area contributed by atoms with Gasteiger partial charge < -0.3 is 9.15 Å². The van der Waals surface area contributed by atoms with Crippen molar-refractivity contribution in [3.05, 3.63) is 64.8 Å². The molecule has 1 atom stereocenters. The van der Waals surface area contributed by atoms with Crippen molar-refractivity contribution in [3.8, 4) is 5.75 Å². The molecular formula is C20H23N3O2S. The van der Waals surface area contributed by atoms with Crippen molar-refractivity contribution in [3.63, 3.8) is 0 Å². The minimum Gasteiger partial charge on any atom is -0.496 e. The lowest BCUT2D eigenvalue weighted by molar-refractivity contribution is 0.404. The fourth-order valence-electron chi connectivity index (χ4n) is 2.89. The van der Waals surface area contributed by atoms with Crippen LogP contribution in [0.2, 0.25) is 0 Å². The van der Waals surface area contributed by atoms with Gasteiger partial charge in [0.05, 0.1) is 12.8 Å². The van der Waals surface area contributed by atoms with E-state index in [0.29, 0.717) is 22.8 Å². The molecule has 3 rings (SSSR count). The van der Waals surface area contributed by atoms with Crippen molar-refractivity contribution in [1.82, 2.24) is 15.2 Å². The van der Waals surface area contributed by atoms with Crippen LogP contribution in [-0.2, 0) is 12.2 Å². The quantitative estimate of drug-likeness (QED) is 0.561. The first-order valence-corrected chi connectivity index (χ1v) is 9.56. The lowest BCUT2D eigenvalue weighted by atomic mass is 9.98. The first-order valence-electron chi connectivity index (χ1n) is 8.57. The highest BCUT2D eigenvalue weighted by Gasteiger charge is 2.14. The largest absolute Gasteiger partial charge is 0.496 e. The molecule has 26 heavy (non-hydrogen) atoms. The van der Waals surface area contributed by atoms with Crippen molar-refractivity contribution in [2.24, 2.45) is 0 Å². The van der Waals surface area contributed by atoms with E-state index in [0.717, 1.165) is 29.0 Å². The number of aryl methyl sites for hydroxylation is 1. The number of hydrogen-bond acceptors (Lipinski definition) is 6. The molecule has 0 fully saturated rings. The molecule has 2 heterocycles. The zero-order valence-electron chi connectivity index (χ0n) is 15.5. The fourth-order valence-corrected chi connectivity index (χ4v) is 3.69. The van der Waals surface area contributed by atoms with E-state index in [-0.39, 0.29) is 0 Å². The van der Waals surface area contributed by atoms with Gasteiger partial charge in [0, 0.05) is 29.5 Å². The predicted octanol–water partition coefficient (Wildman–Crippen LogP) is 4.73. The molecule has 0 bridgehead atoms. The van der Waals surface area contributed by atoms with Gasteiger partial charge in [0.2, 0.25) is 5.89 Å². The Balaban J connectivity index is 1.62. The maximum absolute atomic E-state index is 5.80. The van der Waals surface area contributed by atoms with Crippen LogP contribution in [0, 0.1) is 13.8 Å². The Morgan fingerprint density at radius 1 is 1.15 bits per heavy atom. The molecule has 0 spiro atoms. The number of ether oxygens (including phenoxy) is 1. The maximum Gasteiger partial charge on any atom is 0.276 e. The monoisotopic (exact) mass is 369 g/mol. The SMILES string of the molecule is COc1c(C)cnc(CSc2nnc(CC(C)c3ccccc3)o2)c1C. The van der Waals surface area contributed by atoms with Crippen LogP contribution in [0.25, 0.3) is 0 Å². The third kappa shape index (κ3) is 4.25. The van der Waals surface area contributed by atoms with Crippen molar-refractivity contribution in [1.29, 1.82) is 0 Å². The molecule has 1 aromatic carbocycles. The Kier molecular flexibility index (Phi) is 5.93. The number of benzene rings is 1. The molecule has 3 aromatic rings. The third-order valence-electron chi connectivity index (χ3n) is 4.38. The van der Waals surface area contributed by atoms with Gasteiger partial charge in [-0.2, -0.15) is 0 Å². The molecule has 136 valence electrons. The summed E-state index contributed by atoms with van der Waals surface area (Å²) in [7, 11) is 1.68. The van der Waals surface area contributed by atoms with Gasteiger partial charge in [0.15, 0.2) is 0 Å². The summed E-state index contributed by atoms with van der Waals surface area (Å²) in [5.41, 5.74) is 4.33. The number of rotatable bonds is 7. The number of thioether (sulfide) groups is 1. The average Bonchev–Trinajstić information content (AvgIpc) is 3.09. The summed E-state index contributed by atoms with van der Waals surface area (Å²) < 4.78 is 11.3. The van der Waals surface area contributed by atoms with E-state index in [4.69, 9.17) is 9.15 Å². The Morgan fingerprint density at radius 3 is 2.65 bits per heavy atom. The highest BCUT2D eigenvalue weighted by Crippen LogP contribution is 2.29. The third-order valence-corrected chi connectivity index (χ3v) is 5.21. The summed E-state index contributed by atoms with van der Waals surface area (Å²) in [6.45, 7) is 6.18. The van der Waals surface area contributed by atoms with Gasteiger partial charge in [0.25, 0.3) is 5.22 Å². The minimum absolute atomic E-state index is 0.333. The average molecular weight is 369 g/mol. The van der Waals surface area contributed by atoms with Crippen LogP contribution >= 0.6 is 11.8 Å². The van der Waals surface area contributed by atoms with Crippen molar-refractivity contribution >= 4 is 11.8 Å². The number of aromatic nitrogens is 3. The molecule has 0 aliphatic heterocycles. The Hall–Kier alpha value is -2.34. The Morgan fingerprint density at radius 2 is 1.92 bits per heavy atom. The molecule has 0 aliphatic carbocycles.